The third-order valence-corrected chi connectivity index (χ3v) is 8.22. The number of amides is 1. The van der Waals surface area contributed by atoms with Gasteiger partial charge in [-0.25, -0.2) is 0 Å². The summed E-state index contributed by atoms with van der Waals surface area (Å²) in [5, 5.41) is 2.97. The molecule has 5 nitrogen and oxygen atoms in total. The van der Waals surface area contributed by atoms with E-state index in [-0.39, 0.29) is 18.1 Å². The monoisotopic (exact) mass is 577 g/mol. The standard InChI is InChI=1S/C35H48N2O3S/c1-4-5-6-7-8-9-10-11-12-13-14-15-22-40-34-21-18-31(23-33(34)29(3)38)24-35(39)36-32-19-16-30(17-20-32)26-37-25-28(2)41-27-37/h16-21,23,25,27H,4-15,22,24,26H2,1-3H3/p+1. The number of Topliss-reactive ketones (excluding diaryl/α,β-unsaturated/α-hetero) is 1. The van der Waals surface area contributed by atoms with Gasteiger partial charge in [0.1, 0.15) is 5.75 Å². The van der Waals surface area contributed by atoms with Crippen LogP contribution < -0.4 is 14.6 Å². The van der Waals surface area contributed by atoms with Gasteiger partial charge in [-0.2, -0.15) is 4.57 Å². The molecular weight excluding hydrogens is 528 g/mol. The number of rotatable bonds is 20. The normalized spacial score (nSPS) is 11.0. The van der Waals surface area contributed by atoms with Crippen LogP contribution in [0.2, 0.25) is 0 Å². The predicted molar refractivity (Wildman–Crippen MR) is 170 cm³/mol. The second kappa shape index (κ2) is 18.4. The van der Waals surface area contributed by atoms with Crippen molar-refractivity contribution in [3.8, 4) is 5.75 Å². The fraction of sp³-hybridized carbons (Fsp3) is 0.514. The summed E-state index contributed by atoms with van der Waals surface area (Å²) in [7, 11) is 0. The maximum atomic E-state index is 12.7. The number of benzene rings is 2. The van der Waals surface area contributed by atoms with Crippen LogP contribution in [-0.2, 0) is 17.8 Å². The maximum absolute atomic E-state index is 12.7. The van der Waals surface area contributed by atoms with Gasteiger partial charge in [0.15, 0.2) is 18.5 Å². The third kappa shape index (κ3) is 12.6. The molecule has 0 saturated carbocycles. The number of unbranched alkanes of at least 4 members (excludes halogenated alkanes) is 11. The molecule has 0 unspecified atom stereocenters. The Bertz CT molecular complexity index is 1200. The Morgan fingerprint density at radius 2 is 1.44 bits per heavy atom. The van der Waals surface area contributed by atoms with E-state index in [1.807, 2.05) is 36.4 Å². The first-order chi connectivity index (χ1) is 19.9. The van der Waals surface area contributed by atoms with Crippen LogP contribution in [0.3, 0.4) is 0 Å². The minimum absolute atomic E-state index is 0.0498. The van der Waals surface area contributed by atoms with E-state index < -0.39 is 0 Å². The lowest BCUT2D eigenvalue weighted by Gasteiger charge is -2.12. The number of ether oxygens (including phenoxy) is 1. The van der Waals surface area contributed by atoms with Gasteiger partial charge in [-0.1, -0.05) is 107 Å². The summed E-state index contributed by atoms with van der Waals surface area (Å²) in [4.78, 5) is 26.3. The first-order valence-corrected chi connectivity index (χ1v) is 16.4. The summed E-state index contributed by atoms with van der Waals surface area (Å²) < 4.78 is 8.14. The van der Waals surface area contributed by atoms with E-state index in [1.165, 1.54) is 74.6 Å². The summed E-state index contributed by atoms with van der Waals surface area (Å²) in [5.41, 5.74) is 5.39. The van der Waals surface area contributed by atoms with E-state index in [1.54, 1.807) is 24.3 Å². The maximum Gasteiger partial charge on any atom is 0.228 e. The van der Waals surface area contributed by atoms with Crippen LogP contribution in [0.25, 0.3) is 0 Å². The Morgan fingerprint density at radius 3 is 2.02 bits per heavy atom. The van der Waals surface area contributed by atoms with Crippen LogP contribution in [0.1, 0.15) is 117 Å². The molecule has 1 N–H and O–H groups in total. The molecule has 3 aromatic rings. The number of nitrogens with one attached hydrogen (secondary N) is 1. The Morgan fingerprint density at radius 1 is 0.829 bits per heavy atom. The first-order valence-electron chi connectivity index (χ1n) is 15.5. The van der Waals surface area contributed by atoms with E-state index in [2.05, 4.69) is 35.4 Å². The lowest BCUT2D eigenvalue weighted by molar-refractivity contribution is -0.683. The zero-order chi connectivity index (χ0) is 29.3. The number of nitrogens with zero attached hydrogens (tertiary/aromatic N) is 1. The number of aryl methyl sites for hydroxylation is 1. The smallest absolute Gasteiger partial charge is 0.228 e. The number of hydrogen-bond donors (Lipinski definition) is 1. The topological polar surface area (TPSA) is 59.3 Å². The zero-order valence-corrected chi connectivity index (χ0v) is 26.2. The van der Waals surface area contributed by atoms with Crippen molar-refractivity contribution in [2.45, 2.75) is 111 Å². The Labute approximate surface area is 251 Å². The largest absolute Gasteiger partial charge is 0.493 e. The fourth-order valence-electron chi connectivity index (χ4n) is 5.04. The van der Waals surface area contributed by atoms with Crippen LogP contribution in [-0.4, -0.2) is 18.3 Å². The highest BCUT2D eigenvalue weighted by atomic mass is 32.1. The van der Waals surface area contributed by atoms with Crippen molar-refractivity contribution in [3.05, 3.63) is 75.7 Å². The van der Waals surface area contributed by atoms with Crippen molar-refractivity contribution in [1.82, 2.24) is 0 Å². The van der Waals surface area contributed by atoms with E-state index in [0.717, 1.165) is 30.6 Å². The van der Waals surface area contributed by atoms with Gasteiger partial charge < -0.3 is 10.1 Å². The molecule has 1 heterocycles. The summed E-state index contributed by atoms with van der Waals surface area (Å²) >= 11 is 1.73. The average Bonchev–Trinajstić information content (AvgIpc) is 3.37. The molecular formula is C35H49N2O3S+. The molecule has 0 bridgehead atoms. The van der Waals surface area contributed by atoms with Gasteiger partial charge >= 0.3 is 0 Å². The number of carbonyl (C=O) groups excluding carboxylic acids is 2. The molecule has 0 aliphatic heterocycles. The van der Waals surface area contributed by atoms with Crippen LogP contribution in [0.4, 0.5) is 5.69 Å². The second-order valence-electron chi connectivity index (χ2n) is 11.2. The highest BCUT2D eigenvalue weighted by molar-refractivity contribution is 7.09. The van der Waals surface area contributed by atoms with E-state index >= 15 is 0 Å². The Kier molecular flexibility index (Phi) is 14.6. The van der Waals surface area contributed by atoms with Crippen molar-refractivity contribution < 1.29 is 18.9 Å². The second-order valence-corrected chi connectivity index (χ2v) is 12.3. The van der Waals surface area contributed by atoms with Gasteiger partial charge in [0.2, 0.25) is 11.4 Å². The van der Waals surface area contributed by atoms with Crippen molar-refractivity contribution in [3.63, 3.8) is 0 Å². The highest BCUT2D eigenvalue weighted by Gasteiger charge is 2.13. The highest BCUT2D eigenvalue weighted by Crippen LogP contribution is 2.22. The first kappa shape index (κ1) is 32.5. The van der Waals surface area contributed by atoms with Crippen molar-refractivity contribution in [2.24, 2.45) is 0 Å². The summed E-state index contributed by atoms with van der Waals surface area (Å²) in [6, 6.07) is 13.4. The SMILES string of the molecule is CCCCCCCCCCCCCCOc1ccc(CC(=O)Nc2ccc(C[n+]3csc(C)c3)cc2)cc1C(C)=O. The minimum atomic E-state index is -0.111. The summed E-state index contributed by atoms with van der Waals surface area (Å²) in [6.07, 6.45) is 17.9. The van der Waals surface area contributed by atoms with Gasteiger partial charge in [-0.05, 0) is 50.1 Å². The van der Waals surface area contributed by atoms with Gasteiger partial charge in [0.05, 0.1) is 23.5 Å². The molecule has 3 rings (SSSR count). The fourth-order valence-corrected chi connectivity index (χ4v) is 5.67. The number of anilines is 1. The molecule has 0 atom stereocenters. The van der Waals surface area contributed by atoms with Crippen LogP contribution in [0, 0.1) is 6.92 Å². The van der Waals surface area contributed by atoms with Crippen molar-refractivity contribution in [2.75, 3.05) is 11.9 Å². The molecule has 0 radical (unpaired) electrons. The molecule has 2 aromatic carbocycles. The molecule has 0 saturated heterocycles. The molecule has 0 aliphatic rings. The van der Waals surface area contributed by atoms with E-state index in [0.29, 0.717) is 17.9 Å². The van der Waals surface area contributed by atoms with Crippen molar-refractivity contribution >= 4 is 28.7 Å². The summed E-state index contributed by atoms with van der Waals surface area (Å²) in [6.45, 7) is 7.33. The molecule has 222 valence electrons. The summed E-state index contributed by atoms with van der Waals surface area (Å²) in [5.74, 6) is 0.450. The van der Waals surface area contributed by atoms with E-state index in [9.17, 15) is 9.59 Å². The van der Waals surface area contributed by atoms with Crippen molar-refractivity contribution in [1.29, 1.82) is 0 Å². The predicted octanol–water partition coefficient (Wildman–Crippen LogP) is 8.86. The molecule has 6 heteroatoms. The molecule has 1 aromatic heterocycles. The molecule has 41 heavy (non-hydrogen) atoms. The number of thiazole rings is 1. The molecule has 0 spiro atoms. The molecule has 0 fully saturated rings. The zero-order valence-electron chi connectivity index (χ0n) is 25.4. The van der Waals surface area contributed by atoms with Crippen LogP contribution >= 0.6 is 11.3 Å². The quantitative estimate of drug-likeness (QED) is 0.0829. The van der Waals surface area contributed by atoms with Crippen LogP contribution in [0.15, 0.2) is 54.2 Å². The molecule has 1 amide bonds. The number of carbonyl (C=O) groups is 2. The lowest BCUT2D eigenvalue weighted by Crippen LogP contribution is -2.30. The van der Waals surface area contributed by atoms with Gasteiger partial charge in [0.25, 0.3) is 0 Å². The number of hydrogen-bond acceptors (Lipinski definition) is 4. The number of aromatic nitrogens is 1. The van der Waals surface area contributed by atoms with Crippen LogP contribution in [0.5, 0.6) is 5.75 Å². The molecule has 0 aliphatic carbocycles. The van der Waals surface area contributed by atoms with Gasteiger partial charge in [-0.3, -0.25) is 9.59 Å². The minimum Gasteiger partial charge on any atom is -0.493 e. The lowest BCUT2D eigenvalue weighted by atomic mass is 10.0. The van der Waals surface area contributed by atoms with Gasteiger partial charge in [-0.15, -0.1) is 0 Å². The Hall–Kier alpha value is -2.99. The third-order valence-electron chi connectivity index (χ3n) is 7.37. The number of ketones is 1. The van der Waals surface area contributed by atoms with E-state index in [4.69, 9.17) is 4.74 Å². The average molecular weight is 578 g/mol. The Balaban J connectivity index is 1.35. The van der Waals surface area contributed by atoms with Gasteiger partial charge in [0, 0.05) is 11.3 Å².